The van der Waals surface area contributed by atoms with Crippen molar-refractivity contribution in [3.63, 3.8) is 0 Å². The second kappa shape index (κ2) is 24.3. The second-order valence-electron chi connectivity index (χ2n) is 8.18. The first-order valence-corrected chi connectivity index (χ1v) is 13.9. The van der Waals surface area contributed by atoms with Gasteiger partial charge < -0.3 is 9.64 Å². The van der Waals surface area contributed by atoms with Crippen molar-refractivity contribution < 1.29 is 9.53 Å². The second-order valence-corrected chi connectivity index (χ2v) is 9.76. The Morgan fingerprint density at radius 3 is 1.69 bits per heavy atom. The molecule has 0 N–H and O–H groups in total. The van der Waals surface area contributed by atoms with E-state index in [0.29, 0.717) is 24.1 Å². The summed E-state index contributed by atoms with van der Waals surface area (Å²) < 4.78 is 5.96. The lowest BCUT2D eigenvalue weighted by Gasteiger charge is -2.20. The molecule has 0 radical (unpaired) electrons. The monoisotopic (exact) mass is 481 g/mol. The fourth-order valence-corrected chi connectivity index (χ4v) is 4.29. The van der Waals surface area contributed by atoms with Gasteiger partial charge in [-0.05, 0) is 18.6 Å². The maximum absolute atomic E-state index is 12.2. The summed E-state index contributed by atoms with van der Waals surface area (Å²) >= 11 is 6.42. The van der Waals surface area contributed by atoms with Crippen molar-refractivity contribution in [2.75, 3.05) is 25.4 Å². The molecule has 5 nitrogen and oxygen atoms in total. The Hall–Kier alpha value is -1.31. The molecule has 32 heavy (non-hydrogen) atoms. The predicted molar refractivity (Wildman–Crippen MR) is 138 cm³/mol. The smallest absolute Gasteiger partial charge is 0.233 e. The molecule has 0 rings (SSSR count). The zero-order valence-electron chi connectivity index (χ0n) is 20.1. The summed E-state index contributed by atoms with van der Waals surface area (Å²) in [5.41, 5.74) is 0. The van der Waals surface area contributed by atoms with Gasteiger partial charge in [0.25, 0.3) is 0 Å². The topological polar surface area (TPSA) is 77.1 Å². The molecule has 0 aliphatic heterocycles. The highest BCUT2D eigenvalue weighted by molar-refractivity contribution is 8.23. The van der Waals surface area contributed by atoms with Crippen LogP contribution in [-0.2, 0) is 9.53 Å². The molecule has 0 aliphatic carbocycles. The molecule has 0 aromatic carbocycles. The van der Waals surface area contributed by atoms with E-state index < -0.39 is 0 Å². The number of hydrogen-bond acceptors (Lipinski definition) is 6. The van der Waals surface area contributed by atoms with Gasteiger partial charge in [0.15, 0.2) is 0 Å². The molecule has 0 unspecified atom stereocenters. The Balaban J connectivity index is 3.55. The summed E-state index contributed by atoms with van der Waals surface area (Å²) in [5.74, 6) is 0.0805. The summed E-state index contributed by atoms with van der Waals surface area (Å²) in [6.45, 7) is 3.57. The molecular weight excluding hydrogens is 438 g/mol. The number of thioether (sulfide) groups is 1. The first-order valence-electron chi connectivity index (χ1n) is 12.5. The number of rotatable bonds is 21. The summed E-state index contributed by atoms with van der Waals surface area (Å²) in [4.78, 5) is 13.8. The van der Waals surface area contributed by atoms with Crippen LogP contribution in [-0.4, -0.2) is 40.6 Å². The molecule has 0 atom stereocenters. The SMILES string of the molecule is CCCCCCCCCCCCCCCCOC(=S)SCC(=O)N(CCC#N)CCC#N. The van der Waals surface area contributed by atoms with Crippen molar-refractivity contribution in [2.45, 2.75) is 110 Å². The van der Waals surface area contributed by atoms with E-state index in [1.54, 1.807) is 4.90 Å². The van der Waals surface area contributed by atoms with Gasteiger partial charge in [0.05, 0.1) is 37.3 Å². The summed E-state index contributed by atoms with van der Waals surface area (Å²) in [5, 5.41) is 17.4. The summed E-state index contributed by atoms with van der Waals surface area (Å²) in [6, 6.07) is 4.06. The van der Waals surface area contributed by atoms with E-state index in [1.165, 1.54) is 88.8 Å². The van der Waals surface area contributed by atoms with Crippen molar-refractivity contribution >= 4 is 34.3 Å². The Bertz CT molecular complexity index is 540. The fraction of sp³-hybridized carbons (Fsp3) is 0.840. The van der Waals surface area contributed by atoms with Crippen molar-refractivity contribution in [3.8, 4) is 12.1 Å². The van der Waals surface area contributed by atoms with E-state index in [1.807, 2.05) is 12.1 Å². The van der Waals surface area contributed by atoms with Gasteiger partial charge >= 0.3 is 0 Å². The highest BCUT2D eigenvalue weighted by atomic mass is 32.2. The third-order valence-electron chi connectivity index (χ3n) is 5.37. The van der Waals surface area contributed by atoms with Gasteiger partial charge in [-0.15, -0.1) is 0 Å². The number of hydrogen-bond donors (Lipinski definition) is 0. The van der Waals surface area contributed by atoms with Gasteiger partial charge in [0.1, 0.15) is 0 Å². The van der Waals surface area contributed by atoms with Crippen LogP contribution in [0.15, 0.2) is 0 Å². The molecule has 0 spiro atoms. The van der Waals surface area contributed by atoms with Gasteiger partial charge in [0.2, 0.25) is 10.3 Å². The largest absolute Gasteiger partial charge is 0.479 e. The van der Waals surface area contributed by atoms with E-state index >= 15 is 0 Å². The molecule has 0 bridgehead atoms. The number of nitriles is 2. The first kappa shape index (κ1) is 30.7. The van der Waals surface area contributed by atoms with Gasteiger partial charge in [-0.25, -0.2) is 0 Å². The highest BCUT2D eigenvalue weighted by Crippen LogP contribution is 2.14. The molecule has 1 amide bonds. The lowest BCUT2D eigenvalue weighted by molar-refractivity contribution is -0.128. The summed E-state index contributed by atoms with van der Waals surface area (Å²) in [7, 11) is 0. The van der Waals surface area contributed by atoms with Crippen molar-refractivity contribution in [2.24, 2.45) is 0 Å². The molecule has 0 saturated heterocycles. The van der Waals surface area contributed by atoms with Crippen LogP contribution in [0.5, 0.6) is 0 Å². The lowest BCUT2D eigenvalue weighted by atomic mass is 10.0. The molecule has 0 aromatic rings. The third-order valence-corrected chi connectivity index (χ3v) is 6.59. The van der Waals surface area contributed by atoms with Gasteiger partial charge in [-0.2, -0.15) is 10.5 Å². The van der Waals surface area contributed by atoms with Crippen LogP contribution in [0, 0.1) is 22.7 Å². The Morgan fingerprint density at radius 1 is 0.812 bits per heavy atom. The number of ether oxygens (including phenoxy) is 1. The van der Waals surface area contributed by atoms with Crippen LogP contribution in [0.4, 0.5) is 0 Å². The molecule has 0 heterocycles. The molecule has 0 aromatic heterocycles. The molecule has 7 heteroatoms. The number of thiocarbonyl (C=S) groups is 1. The molecular formula is C25H43N3O2S2. The van der Waals surface area contributed by atoms with Crippen LogP contribution in [0.3, 0.4) is 0 Å². The van der Waals surface area contributed by atoms with Crippen molar-refractivity contribution in [1.29, 1.82) is 10.5 Å². The van der Waals surface area contributed by atoms with Gasteiger partial charge in [-0.3, -0.25) is 4.79 Å². The third kappa shape index (κ3) is 20.6. The molecule has 0 aliphatic rings. The minimum absolute atomic E-state index is 0.108. The Morgan fingerprint density at radius 2 is 1.25 bits per heavy atom. The van der Waals surface area contributed by atoms with Crippen LogP contribution in [0.1, 0.15) is 110 Å². The lowest BCUT2D eigenvalue weighted by Crippen LogP contribution is -2.34. The first-order chi connectivity index (χ1) is 15.7. The number of carbonyl (C=O) groups excluding carboxylic acids is 1. The van der Waals surface area contributed by atoms with Gasteiger partial charge in [-0.1, -0.05) is 102 Å². The molecule has 0 fully saturated rings. The molecule has 182 valence electrons. The van der Waals surface area contributed by atoms with E-state index in [4.69, 9.17) is 27.5 Å². The maximum Gasteiger partial charge on any atom is 0.233 e. The minimum atomic E-state index is -0.108. The highest BCUT2D eigenvalue weighted by Gasteiger charge is 2.14. The maximum atomic E-state index is 12.2. The zero-order chi connectivity index (χ0) is 23.7. The summed E-state index contributed by atoms with van der Waals surface area (Å²) in [6.07, 6.45) is 19.0. The average molecular weight is 482 g/mol. The molecule has 0 saturated carbocycles. The van der Waals surface area contributed by atoms with Crippen LogP contribution < -0.4 is 0 Å². The quantitative estimate of drug-likeness (QED) is 0.128. The van der Waals surface area contributed by atoms with Crippen LogP contribution >= 0.6 is 24.0 Å². The number of unbranched alkanes of at least 4 members (excludes halogenated alkanes) is 13. The van der Waals surface area contributed by atoms with Crippen molar-refractivity contribution in [3.05, 3.63) is 0 Å². The number of nitrogens with zero attached hydrogens (tertiary/aromatic N) is 3. The fourth-order valence-electron chi connectivity index (χ4n) is 3.44. The Kier molecular flexibility index (Phi) is 23.3. The van der Waals surface area contributed by atoms with Crippen LogP contribution in [0.25, 0.3) is 0 Å². The average Bonchev–Trinajstić information content (AvgIpc) is 2.80. The van der Waals surface area contributed by atoms with E-state index in [0.717, 1.165) is 12.8 Å². The van der Waals surface area contributed by atoms with E-state index in [9.17, 15) is 4.79 Å². The normalized spacial score (nSPS) is 10.3. The van der Waals surface area contributed by atoms with E-state index in [2.05, 4.69) is 6.92 Å². The van der Waals surface area contributed by atoms with Crippen LogP contribution in [0.2, 0.25) is 0 Å². The zero-order valence-corrected chi connectivity index (χ0v) is 21.7. The predicted octanol–water partition coefficient (Wildman–Crippen LogP) is 7.16. The van der Waals surface area contributed by atoms with Gasteiger partial charge in [0, 0.05) is 13.1 Å². The Labute approximate surface area is 206 Å². The minimum Gasteiger partial charge on any atom is -0.479 e. The van der Waals surface area contributed by atoms with Crippen molar-refractivity contribution in [1.82, 2.24) is 4.90 Å². The number of amides is 1. The van der Waals surface area contributed by atoms with E-state index in [-0.39, 0.29) is 24.5 Å². The number of carbonyl (C=O) groups is 1. The standard InChI is InChI=1S/C25H43N3O2S2/c1-2-3-4-5-6-7-8-9-10-11-12-13-14-15-22-30-25(31)32-23-24(29)28(20-16-18-26)21-17-19-27/h2-17,20-23H2,1H3.